The average molecular weight is 193 g/mol. The highest BCUT2D eigenvalue weighted by Crippen LogP contribution is 2.14. The van der Waals surface area contributed by atoms with Crippen LogP contribution < -0.4 is 4.74 Å². The van der Waals surface area contributed by atoms with Gasteiger partial charge in [0, 0.05) is 6.08 Å². The van der Waals surface area contributed by atoms with Gasteiger partial charge in [-0.05, 0) is 24.6 Å². The van der Waals surface area contributed by atoms with Gasteiger partial charge in [0.15, 0.2) is 0 Å². The lowest BCUT2D eigenvalue weighted by Gasteiger charge is -2.02. The Balaban J connectivity index is 2.77. The maximum atomic E-state index is 10.1. The predicted octanol–water partition coefficient (Wildman–Crippen LogP) is 2.33. The SMILES string of the molecule is CCOc1cccc(/C=C/[N+](=O)[O-])c1. The zero-order valence-electron chi connectivity index (χ0n) is 7.84. The molecule has 0 aromatic heterocycles. The molecule has 0 aliphatic heterocycles. The van der Waals surface area contributed by atoms with Crippen molar-refractivity contribution in [3.05, 3.63) is 46.1 Å². The molecule has 0 amide bonds. The van der Waals surface area contributed by atoms with Gasteiger partial charge in [0.2, 0.25) is 6.20 Å². The highest BCUT2D eigenvalue weighted by Gasteiger charge is 1.94. The molecule has 74 valence electrons. The second-order valence-electron chi connectivity index (χ2n) is 2.61. The van der Waals surface area contributed by atoms with Crippen LogP contribution in [0.2, 0.25) is 0 Å². The molecular formula is C10H11NO3. The molecule has 0 unspecified atom stereocenters. The molecule has 4 nitrogen and oxygen atoms in total. The van der Waals surface area contributed by atoms with Crippen LogP contribution >= 0.6 is 0 Å². The summed E-state index contributed by atoms with van der Waals surface area (Å²) in [4.78, 5) is 9.58. The van der Waals surface area contributed by atoms with E-state index in [1.807, 2.05) is 13.0 Å². The summed E-state index contributed by atoms with van der Waals surface area (Å²) in [5.74, 6) is 0.720. The molecule has 0 spiro atoms. The summed E-state index contributed by atoms with van der Waals surface area (Å²) in [6, 6.07) is 7.14. The maximum absolute atomic E-state index is 10.1. The minimum absolute atomic E-state index is 0.493. The Kier molecular flexibility index (Phi) is 3.67. The van der Waals surface area contributed by atoms with Crippen LogP contribution in [-0.4, -0.2) is 11.5 Å². The lowest BCUT2D eigenvalue weighted by molar-refractivity contribution is -0.400. The third kappa shape index (κ3) is 3.26. The van der Waals surface area contributed by atoms with Gasteiger partial charge >= 0.3 is 0 Å². The van der Waals surface area contributed by atoms with Crippen molar-refractivity contribution in [1.29, 1.82) is 0 Å². The minimum atomic E-state index is -0.493. The first-order chi connectivity index (χ1) is 6.72. The molecule has 4 heteroatoms. The van der Waals surface area contributed by atoms with E-state index in [2.05, 4.69) is 0 Å². The van der Waals surface area contributed by atoms with E-state index < -0.39 is 4.92 Å². The van der Waals surface area contributed by atoms with E-state index in [1.54, 1.807) is 18.2 Å². The number of hydrogen-bond donors (Lipinski definition) is 0. The van der Waals surface area contributed by atoms with Crippen LogP contribution in [0.1, 0.15) is 12.5 Å². The maximum Gasteiger partial charge on any atom is 0.235 e. The Hall–Kier alpha value is -1.84. The summed E-state index contributed by atoms with van der Waals surface area (Å²) in [6.07, 6.45) is 2.34. The molecule has 0 saturated heterocycles. The molecule has 0 N–H and O–H groups in total. The zero-order valence-corrected chi connectivity index (χ0v) is 7.84. The number of rotatable bonds is 4. The van der Waals surface area contributed by atoms with Gasteiger partial charge in [-0.25, -0.2) is 0 Å². The van der Waals surface area contributed by atoms with E-state index in [1.165, 1.54) is 6.08 Å². The molecule has 14 heavy (non-hydrogen) atoms. The first kappa shape index (κ1) is 10.2. The Morgan fingerprint density at radius 1 is 1.57 bits per heavy atom. The number of nitrogens with zero attached hydrogens (tertiary/aromatic N) is 1. The summed E-state index contributed by atoms with van der Waals surface area (Å²) in [5.41, 5.74) is 0.757. The lowest BCUT2D eigenvalue weighted by Crippen LogP contribution is -1.91. The normalized spacial score (nSPS) is 10.4. The van der Waals surface area contributed by atoms with Crippen LogP contribution in [0.25, 0.3) is 6.08 Å². The molecule has 1 aromatic rings. The van der Waals surface area contributed by atoms with Gasteiger partial charge in [0.1, 0.15) is 5.75 Å². The number of nitro groups is 1. The van der Waals surface area contributed by atoms with Gasteiger partial charge in [-0.1, -0.05) is 12.1 Å². The van der Waals surface area contributed by atoms with Crippen LogP contribution in [0, 0.1) is 10.1 Å². The van der Waals surface area contributed by atoms with E-state index in [9.17, 15) is 10.1 Å². The lowest BCUT2D eigenvalue weighted by atomic mass is 10.2. The molecule has 0 saturated carbocycles. The van der Waals surface area contributed by atoms with Crippen molar-refractivity contribution in [3.63, 3.8) is 0 Å². The second kappa shape index (κ2) is 5.01. The molecule has 0 fully saturated rings. The number of hydrogen-bond acceptors (Lipinski definition) is 3. The molecule has 0 aliphatic rings. The smallest absolute Gasteiger partial charge is 0.235 e. The first-order valence-electron chi connectivity index (χ1n) is 4.27. The van der Waals surface area contributed by atoms with Gasteiger partial charge < -0.3 is 4.74 Å². The zero-order chi connectivity index (χ0) is 10.4. The third-order valence-electron chi connectivity index (χ3n) is 1.56. The Bertz CT molecular complexity index is 347. The van der Waals surface area contributed by atoms with Gasteiger partial charge in [0.05, 0.1) is 11.5 Å². The van der Waals surface area contributed by atoms with Crippen LogP contribution in [0.4, 0.5) is 0 Å². The Morgan fingerprint density at radius 3 is 3.00 bits per heavy atom. The monoisotopic (exact) mass is 193 g/mol. The fourth-order valence-corrected chi connectivity index (χ4v) is 1.02. The second-order valence-corrected chi connectivity index (χ2v) is 2.61. The topological polar surface area (TPSA) is 52.4 Å². The molecule has 0 atom stereocenters. The third-order valence-corrected chi connectivity index (χ3v) is 1.56. The van der Waals surface area contributed by atoms with Gasteiger partial charge in [-0.15, -0.1) is 0 Å². The number of ether oxygens (including phenoxy) is 1. The average Bonchev–Trinajstić information content (AvgIpc) is 2.16. The van der Waals surface area contributed by atoms with Crippen molar-refractivity contribution in [3.8, 4) is 5.75 Å². The summed E-state index contributed by atoms with van der Waals surface area (Å²) in [6.45, 7) is 2.47. The fourth-order valence-electron chi connectivity index (χ4n) is 1.02. The van der Waals surface area contributed by atoms with E-state index >= 15 is 0 Å². The molecular weight excluding hydrogens is 182 g/mol. The molecule has 1 aromatic carbocycles. The van der Waals surface area contributed by atoms with Gasteiger partial charge in [0.25, 0.3) is 0 Å². The molecule has 0 radical (unpaired) electrons. The Labute approximate surface area is 82.0 Å². The standard InChI is InChI=1S/C10H11NO3/c1-2-14-10-5-3-4-9(8-10)6-7-11(12)13/h3-8H,2H2,1H3/b7-6+. The van der Waals surface area contributed by atoms with Crippen LogP contribution in [0.5, 0.6) is 5.75 Å². The van der Waals surface area contributed by atoms with Gasteiger partial charge in [-0.2, -0.15) is 0 Å². The van der Waals surface area contributed by atoms with Crippen molar-refractivity contribution in [2.45, 2.75) is 6.92 Å². The summed E-state index contributed by atoms with van der Waals surface area (Å²) in [7, 11) is 0. The van der Waals surface area contributed by atoms with Crippen molar-refractivity contribution in [2.75, 3.05) is 6.61 Å². The molecule has 0 bridgehead atoms. The van der Waals surface area contributed by atoms with E-state index in [0.29, 0.717) is 6.61 Å². The predicted molar refractivity (Wildman–Crippen MR) is 53.6 cm³/mol. The number of benzene rings is 1. The van der Waals surface area contributed by atoms with Crippen molar-refractivity contribution < 1.29 is 9.66 Å². The first-order valence-corrected chi connectivity index (χ1v) is 4.27. The van der Waals surface area contributed by atoms with Crippen LogP contribution in [0.15, 0.2) is 30.5 Å². The summed E-state index contributed by atoms with van der Waals surface area (Å²) in [5, 5.41) is 10.1. The van der Waals surface area contributed by atoms with Crippen molar-refractivity contribution in [1.82, 2.24) is 0 Å². The van der Waals surface area contributed by atoms with Crippen LogP contribution in [0.3, 0.4) is 0 Å². The Morgan fingerprint density at radius 2 is 2.36 bits per heavy atom. The molecule has 0 heterocycles. The highest BCUT2D eigenvalue weighted by atomic mass is 16.6. The quantitative estimate of drug-likeness (QED) is 0.544. The van der Waals surface area contributed by atoms with Crippen molar-refractivity contribution >= 4 is 6.08 Å². The van der Waals surface area contributed by atoms with Crippen molar-refractivity contribution in [2.24, 2.45) is 0 Å². The van der Waals surface area contributed by atoms with Gasteiger partial charge in [-0.3, -0.25) is 10.1 Å². The molecule has 0 aliphatic carbocycles. The largest absolute Gasteiger partial charge is 0.494 e. The summed E-state index contributed by atoms with van der Waals surface area (Å²) < 4.78 is 5.25. The minimum Gasteiger partial charge on any atom is -0.494 e. The highest BCUT2D eigenvalue weighted by molar-refractivity contribution is 5.50. The van der Waals surface area contributed by atoms with E-state index in [-0.39, 0.29) is 0 Å². The van der Waals surface area contributed by atoms with E-state index in [4.69, 9.17) is 4.74 Å². The van der Waals surface area contributed by atoms with E-state index in [0.717, 1.165) is 17.5 Å². The summed E-state index contributed by atoms with van der Waals surface area (Å²) >= 11 is 0. The van der Waals surface area contributed by atoms with Crippen LogP contribution in [-0.2, 0) is 0 Å². The fraction of sp³-hybridized carbons (Fsp3) is 0.200. The molecule has 1 rings (SSSR count).